The molecule has 0 aromatic carbocycles. The molecule has 0 saturated carbocycles. The molecule has 0 aliphatic carbocycles. The fourth-order valence-electron chi connectivity index (χ4n) is 1.89. The standard InChI is InChI=1S/C13H13N7O/c1-10-6-12(17-13(21)7-19-9-14-8-16-19)20(18-10)11-4-2-3-5-15-11/h2-6,8-9H,7H2,1H3,(H,17,21). The monoisotopic (exact) mass is 283 g/mol. The molecule has 1 N–H and O–H groups in total. The van der Waals surface area contributed by atoms with Gasteiger partial charge in [-0.15, -0.1) is 0 Å². The van der Waals surface area contributed by atoms with Crippen LogP contribution in [-0.2, 0) is 11.3 Å². The molecule has 0 unspecified atom stereocenters. The first-order valence-electron chi connectivity index (χ1n) is 6.33. The van der Waals surface area contributed by atoms with Gasteiger partial charge < -0.3 is 5.32 Å². The summed E-state index contributed by atoms with van der Waals surface area (Å²) in [6, 6.07) is 7.29. The number of carbonyl (C=O) groups is 1. The average molecular weight is 283 g/mol. The van der Waals surface area contributed by atoms with Crippen molar-refractivity contribution in [3.63, 3.8) is 0 Å². The summed E-state index contributed by atoms with van der Waals surface area (Å²) in [5.41, 5.74) is 0.789. The number of nitrogens with one attached hydrogen (secondary N) is 1. The van der Waals surface area contributed by atoms with Crippen LogP contribution in [-0.4, -0.2) is 35.4 Å². The van der Waals surface area contributed by atoms with E-state index in [0.29, 0.717) is 11.6 Å². The van der Waals surface area contributed by atoms with Gasteiger partial charge in [-0.25, -0.2) is 14.6 Å². The largest absolute Gasteiger partial charge is 0.309 e. The van der Waals surface area contributed by atoms with E-state index in [9.17, 15) is 4.79 Å². The lowest BCUT2D eigenvalue weighted by Gasteiger charge is -2.07. The number of rotatable bonds is 4. The SMILES string of the molecule is Cc1cc(NC(=O)Cn2cncn2)n(-c2ccccn2)n1. The molecule has 0 atom stereocenters. The molecular formula is C13H13N7O. The fourth-order valence-corrected chi connectivity index (χ4v) is 1.89. The van der Waals surface area contributed by atoms with Crippen LogP contribution in [0.3, 0.4) is 0 Å². The first-order chi connectivity index (χ1) is 10.2. The molecule has 0 bridgehead atoms. The van der Waals surface area contributed by atoms with E-state index >= 15 is 0 Å². The Morgan fingerprint density at radius 2 is 2.29 bits per heavy atom. The number of aryl methyl sites for hydroxylation is 1. The van der Waals surface area contributed by atoms with Crippen LogP contribution in [0.5, 0.6) is 0 Å². The first-order valence-corrected chi connectivity index (χ1v) is 6.33. The molecule has 3 rings (SSSR count). The van der Waals surface area contributed by atoms with Crippen molar-refractivity contribution < 1.29 is 4.79 Å². The van der Waals surface area contributed by atoms with Gasteiger partial charge in [0.25, 0.3) is 0 Å². The normalized spacial score (nSPS) is 10.5. The summed E-state index contributed by atoms with van der Waals surface area (Å²) in [5.74, 6) is 0.996. The quantitative estimate of drug-likeness (QED) is 0.765. The third-order valence-electron chi connectivity index (χ3n) is 2.74. The van der Waals surface area contributed by atoms with Gasteiger partial charge in [-0.1, -0.05) is 6.07 Å². The number of hydrogen-bond donors (Lipinski definition) is 1. The third-order valence-corrected chi connectivity index (χ3v) is 2.74. The van der Waals surface area contributed by atoms with Gasteiger partial charge in [0.1, 0.15) is 25.0 Å². The topological polar surface area (TPSA) is 90.5 Å². The van der Waals surface area contributed by atoms with Crippen LogP contribution in [0.15, 0.2) is 43.1 Å². The number of carbonyl (C=O) groups excluding carboxylic acids is 1. The van der Waals surface area contributed by atoms with Crippen molar-refractivity contribution in [2.75, 3.05) is 5.32 Å². The maximum atomic E-state index is 12.0. The molecule has 0 spiro atoms. The van der Waals surface area contributed by atoms with E-state index in [4.69, 9.17) is 0 Å². The second kappa shape index (κ2) is 5.53. The average Bonchev–Trinajstić information content (AvgIpc) is 3.09. The van der Waals surface area contributed by atoms with Crippen molar-refractivity contribution in [3.05, 3.63) is 48.8 Å². The summed E-state index contributed by atoms with van der Waals surface area (Å²) < 4.78 is 3.04. The van der Waals surface area contributed by atoms with Crippen molar-refractivity contribution in [1.82, 2.24) is 29.5 Å². The number of nitrogens with zero attached hydrogens (tertiary/aromatic N) is 6. The Balaban J connectivity index is 1.81. The molecule has 0 saturated heterocycles. The lowest BCUT2D eigenvalue weighted by atomic mass is 10.4. The smallest absolute Gasteiger partial charge is 0.247 e. The molecule has 0 fully saturated rings. The van der Waals surface area contributed by atoms with Gasteiger partial charge in [-0.05, 0) is 19.1 Å². The Morgan fingerprint density at radius 1 is 1.38 bits per heavy atom. The van der Waals surface area contributed by atoms with Crippen molar-refractivity contribution >= 4 is 11.7 Å². The van der Waals surface area contributed by atoms with Gasteiger partial charge in [-0.2, -0.15) is 14.9 Å². The van der Waals surface area contributed by atoms with Crippen LogP contribution in [0.2, 0.25) is 0 Å². The fraction of sp³-hybridized carbons (Fsp3) is 0.154. The highest BCUT2D eigenvalue weighted by Gasteiger charge is 2.12. The van der Waals surface area contributed by atoms with Crippen molar-refractivity contribution in [1.29, 1.82) is 0 Å². The molecule has 106 valence electrons. The lowest BCUT2D eigenvalue weighted by Crippen LogP contribution is -2.21. The Labute approximate surface area is 120 Å². The van der Waals surface area contributed by atoms with Gasteiger partial charge in [-0.3, -0.25) is 4.79 Å². The van der Waals surface area contributed by atoms with E-state index in [2.05, 4.69) is 25.5 Å². The van der Waals surface area contributed by atoms with E-state index in [0.717, 1.165) is 5.69 Å². The highest BCUT2D eigenvalue weighted by molar-refractivity contribution is 5.89. The zero-order valence-electron chi connectivity index (χ0n) is 11.3. The van der Waals surface area contributed by atoms with Gasteiger partial charge in [0, 0.05) is 12.3 Å². The minimum Gasteiger partial charge on any atom is -0.309 e. The predicted octanol–water partition coefficient (Wildman–Crippen LogP) is 0.806. The number of pyridine rings is 1. The van der Waals surface area contributed by atoms with Crippen LogP contribution in [0.4, 0.5) is 5.82 Å². The molecule has 21 heavy (non-hydrogen) atoms. The minimum absolute atomic E-state index is 0.0897. The van der Waals surface area contributed by atoms with E-state index in [1.54, 1.807) is 16.9 Å². The lowest BCUT2D eigenvalue weighted by molar-refractivity contribution is -0.116. The van der Waals surface area contributed by atoms with E-state index in [1.807, 2.05) is 25.1 Å². The molecule has 1 amide bonds. The van der Waals surface area contributed by atoms with Crippen LogP contribution in [0, 0.1) is 6.92 Å². The van der Waals surface area contributed by atoms with Gasteiger partial charge >= 0.3 is 0 Å². The predicted molar refractivity (Wildman–Crippen MR) is 74.7 cm³/mol. The molecule has 8 heteroatoms. The van der Waals surface area contributed by atoms with E-state index in [-0.39, 0.29) is 12.5 Å². The van der Waals surface area contributed by atoms with Gasteiger partial charge in [0.15, 0.2) is 5.82 Å². The van der Waals surface area contributed by atoms with Crippen LogP contribution in [0.25, 0.3) is 5.82 Å². The van der Waals surface area contributed by atoms with E-state index < -0.39 is 0 Å². The Morgan fingerprint density at radius 3 is 3.00 bits per heavy atom. The Kier molecular flexibility index (Phi) is 3.42. The summed E-state index contributed by atoms with van der Waals surface area (Å²) >= 11 is 0. The van der Waals surface area contributed by atoms with E-state index in [1.165, 1.54) is 17.3 Å². The molecule has 3 aromatic rings. The number of anilines is 1. The zero-order valence-corrected chi connectivity index (χ0v) is 11.3. The summed E-state index contributed by atoms with van der Waals surface area (Å²) in [5, 5.41) is 11.0. The Bertz CT molecular complexity index is 733. The molecule has 3 aromatic heterocycles. The first kappa shape index (κ1) is 13.0. The summed E-state index contributed by atoms with van der Waals surface area (Å²) in [7, 11) is 0. The number of hydrogen-bond acceptors (Lipinski definition) is 5. The Hall–Kier alpha value is -3.03. The second-order valence-corrected chi connectivity index (χ2v) is 4.41. The molecule has 0 aliphatic heterocycles. The molecule has 8 nitrogen and oxygen atoms in total. The highest BCUT2D eigenvalue weighted by atomic mass is 16.2. The van der Waals surface area contributed by atoms with Crippen molar-refractivity contribution in [3.8, 4) is 5.82 Å². The minimum atomic E-state index is -0.211. The molecule has 0 radical (unpaired) electrons. The second-order valence-electron chi connectivity index (χ2n) is 4.41. The summed E-state index contributed by atoms with van der Waals surface area (Å²) in [6.45, 7) is 1.94. The highest BCUT2D eigenvalue weighted by Crippen LogP contribution is 2.15. The van der Waals surface area contributed by atoms with Crippen LogP contribution in [0.1, 0.15) is 5.69 Å². The summed E-state index contributed by atoms with van der Waals surface area (Å²) in [6.07, 6.45) is 4.55. The molecule has 3 heterocycles. The maximum absolute atomic E-state index is 12.0. The van der Waals surface area contributed by atoms with Crippen LogP contribution >= 0.6 is 0 Å². The number of aromatic nitrogens is 6. The zero-order chi connectivity index (χ0) is 14.7. The molecular weight excluding hydrogens is 270 g/mol. The van der Waals surface area contributed by atoms with Gasteiger partial charge in [0.2, 0.25) is 5.91 Å². The summed E-state index contributed by atoms with van der Waals surface area (Å²) in [4.78, 5) is 20.0. The molecule has 0 aliphatic rings. The van der Waals surface area contributed by atoms with Crippen LogP contribution < -0.4 is 5.32 Å². The maximum Gasteiger partial charge on any atom is 0.247 e. The number of amides is 1. The van der Waals surface area contributed by atoms with Gasteiger partial charge in [0.05, 0.1) is 5.69 Å². The third kappa shape index (κ3) is 2.94. The van der Waals surface area contributed by atoms with Crippen molar-refractivity contribution in [2.24, 2.45) is 0 Å². The van der Waals surface area contributed by atoms with Crippen molar-refractivity contribution in [2.45, 2.75) is 13.5 Å².